The highest BCUT2D eigenvalue weighted by molar-refractivity contribution is 5.94. The molecule has 1 saturated heterocycles. The van der Waals surface area contributed by atoms with Crippen molar-refractivity contribution in [3.63, 3.8) is 0 Å². The number of hydrogen-bond donors (Lipinski definition) is 1. The maximum Gasteiger partial charge on any atom is 0.253 e. The average molecular weight is 375 g/mol. The molecule has 1 aliphatic heterocycles. The lowest BCUT2D eigenvalue weighted by molar-refractivity contribution is 0.0939. The lowest BCUT2D eigenvalue weighted by Crippen LogP contribution is -2.37. The zero-order chi connectivity index (χ0) is 19.5. The van der Waals surface area contributed by atoms with Crippen LogP contribution in [0.15, 0.2) is 65.7 Å². The second-order valence-corrected chi connectivity index (χ2v) is 6.88. The molecule has 28 heavy (non-hydrogen) atoms. The van der Waals surface area contributed by atoms with E-state index >= 15 is 0 Å². The molecule has 3 aromatic rings. The van der Waals surface area contributed by atoms with E-state index in [9.17, 15) is 9.59 Å². The second-order valence-electron chi connectivity index (χ2n) is 6.88. The van der Waals surface area contributed by atoms with Crippen LogP contribution >= 0.6 is 0 Å². The van der Waals surface area contributed by atoms with Gasteiger partial charge in [-0.15, -0.1) is 0 Å². The number of hydrogen-bond acceptors (Lipinski definition) is 5. The molecule has 2 aromatic heterocycles. The highest BCUT2D eigenvalue weighted by Crippen LogP contribution is 2.21. The summed E-state index contributed by atoms with van der Waals surface area (Å²) < 4.78 is 1.40. The van der Waals surface area contributed by atoms with E-state index in [0.29, 0.717) is 18.1 Å². The van der Waals surface area contributed by atoms with E-state index in [0.717, 1.165) is 24.2 Å². The van der Waals surface area contributed by atoms with Crippen LogP contribution in [-0.4, -0.2) is 39.6 Å². The Morgan fingerprint density at radius 1 is 1.14 bits per heavy atom. The molecule has 7 nitrogen and oxygen atoms in total. The molecule has 7 heteroatoms. The molecule has 0 saturated carbocycles. The predicted octanol–water partition coefficient (Wildman–Crippen LogP) is 1.85. The quantitative estimate of drug-likeness (QED) is 0.753. The summed E-state index contributed by atoms with van der Waals surface area (Å²) in [5.74, 6) is 0.488. The van der Waals surface area contributed by atoms with Crippen molar-refractivity contribution in [1.82, 2.24) is 19.9 Å². The minimum Gasteiger partial charge on any atom is -0.347 e. The first-order valence-corrected chi connectivity index (χ1v) is 9.21. The number of nitrogens with zero attached hydrogens (tertiary/aromatic N) is 4. The number of nitrogens with one attached hydrogen (secondary N) is 1. The van der Waals surface area contributed by atoms with Gasteiger partial charge in [-0.3, -0.25) is 9.59 Å². The Bertz CT molecular complexity index is 1050. The van der Waals surface area contributed by atoms with Crippen molar-refractivity contribution in [2.24, 2.45) is 7.05 Å². The molecule has 1 amide bonds. The third kappa shape index (κ3) is 3.78. The summed E-state index contributed by atoms with van der Waals surface area (Å²) >= 11 is 0. The molecule has 1 unspecified atom stereocenters. The van der Waals surface area contributed by atoms with Crippen LogP contribution in [0.1, 0.15) is 16.8 Å². The molecule has 1 N–H and O–H groups in total. The van der Waals surface area contributed by atoms with Crippen LogP contribution in [0.3, 0.4) is 0 Å². The molecular weight excluding hydrogens is 354 g/mol. The van der Waals surface area contributed by atoms with E-state index in [1.54, 1.807) is 25.5 Å². The third-order valence-electron chi connectivity index (χ3n) is 4.87. The van der Waals surface area contributed by atoms with Crippen LogP contribution in [0.5, 0.6) is 0 Å². The van der Waals surface area contributed by atoms with Gasteiger partial charge in [-0.05, 0) is 18.6 Å². The van der Waals surface area contributed by atoms with E-state index in [1.807, 2.05) is 36.4 Å². The number of carbonyl (C=O) groups excluding carboxylic acids is 1. The Hall–Kier alpha value is -3.48. The van der Waals surface area contributed by atoms with Gasteiger partial charge in [-0.1, -0.05) is 30.3 Å². The Labute approximate surface area is 162 Å². The molecule has 1 atom stereocenters. The number of aryl methyl sites for hydroxylation is 1. The first-order valence-electron chi connectivity index (χ1n) is 9.21. The molecule has 0 spiro atoms. The van der Waals surface area contributed by atoms with Gasteiger partial charge in [0.1, 0.15) is 0 Å². The molecule has 0 bridgehead atoms. The van der Waals surface area contributed by atoms with Crippen LogP contribution < -0.4 is 15.8 Å². The van der Waals surface area contributed by atoms with Gasteiger partial charge in [-0.2, -0.15) is 0 Å². The first kappa shape index (κ1) is 17.9. The zero-order valence-corrected chi connectivity index (χ0v) is 15.6. The van der Waals surface area contributed by atoms with E-state index in [1.165, 1.54) is 10.6 Å². The van der Waals surface area contributed by atoms with E-state index < -0.39 is 0 Å². The van der Waals surface area contributed by atoms with Crippen molar-refractivity contribution in [1.29, 1.82) is 0 Å². The van der Waals surface area contributed by atoms with Gasteiger partial charge in [-0.25, -0.2) is 9.97 Å². The number of anilines is 1. The third-order valence-corrected chi connectivity index (χ3v) is 4.87. The van der Waals surface area contributed by atoms with Crippen LogP contribution in [0, 0.1) is 0 Å². The lowest BCUT2D eigenvalue weighted by Gasteiger charge is -2.17. The van der Waals surface area contributed by atoms with Crippen LogP contribution in [-0.2, 0) is 7.05 Å². The van der Waals surface area contributed by atoms with Crippen LogP contribution in [0.25, 0.3) is 11.3 Å². The fraction of sp³-hybridized carbons (Fsp3) is 0.238. The van der Waals surface area contributed by atoms with Crippen LogP contribution in [0.2, 0.25) is 0 Å². The van der Waals surface area contributed by atoms with Crippen molar-refractivity contribution in [2.45, 2.75) is 12.5 Å². The molecule has 0 aliphatic carbocycles. The summed E-state index contributed by atoms with van der Waals surface area (Å²) in [6.07, 6.45) is 4.13. The van der Waals surface area contributed by atoms with E-state index in [2.05, 4.69) is 20.2 Å². The van der Waals surface area contributed by atoms with Gasteiger partial charge in [0.15, 0.2) is 0 Å². The van der Waals surface area contributed by atoms with Crippen molar-refractivity contribution in [3.8, 4) is 11.3 Å². The van der Waals surface area contributed by atoms with Gasteiger partial charge in [0.05, 0.1) is 11.3 Å². The lowest BCUT2D eigenvalue weighted by atomic mass is 10.1. The summed E-state index contributed by atoms with van der Waals surface area (Å²) in [6, 6.07) is 14.8. The molecular formula is C21H21N5O2. The molecule has 4 rings (SSSR count). The van der Waals surface area contributed by atoms with Gasteiger partial charge in [0, 0.05) is 50.2 Å². The Morgan fingerprint density at radius 2 is 1.96 bits per heavy atom. The molecule has 1 aliphatic rings. The number of pyridine rings is 1. The monoisotopic (exact) mass is 375 g/mol. The summed E-state index contributed by atoms with van der Waals surface area (Å²) in [4.78, 5) is 35.1. The second kappa shape index (κ2) is 7.64. The molecule has 0 radical (unpaired) electrons. The van der Waals surface area contributed by atoms with Gasteiger partial charge < -0.3 is 14.8 Å². The largest absolute Gasteiger partial charge is 0.347 e. The fourth-order valence-corrected chi connectivity index (χ4v) is 3.33. The van der Waals surface area contributed by atoms with Crippen molar-refractivity contribution in [3.05, 3.63) is 76.8 Å². The number of benzene rings is 1. The minimum absolute atomic E-state index is 0.00807. The van der Waals surface area contributed by atoms with E-state index in [4.69, 9.17) is 0 Å². The summed E-state index contributed by atoms with van der Waals surface area (Å²) in [7, 11) is 1.63. The van der Waals surface area contributed by atoms with Crippen LogP contribution in [0.4, 0.5) is 5.95 Å². The Morgan fingerprint density at radius 3 is 2.75 bits per heavy atom. The maximum atomic E-state index is 12.5. The Kier molecular flexibility index (Phi) is 4.89. The SMILES string of the molecule is Cn1cc(C(=O)NC2CCN(c3nccc(-c4ccccc4)n3)C2)ccc1=O. The molecule has 1 aromatic carbocycles. The van der Waals surface area contributed by atoms with Gasteiger partial charge in [0.2, 0.25) is 11.5 Å². The number of aromatic nitrogens is 3. The maximum absolute atomic E-state index is 12.5. The van der Waals surface area contributed by atoms with Crippen molar-refractivity contribution in [2.75, 3.05) is 18.0 Å². The van der Waals surface area contributed by atoms with E-state index in [-0.39, 0.29) is 17.5 Å². The summed E-state index contributed by atoms with van der Waals surface area (Å²) in [5, 5.41) is 3.04. The van der Waals surface area contributed by atoms with Crippen molar-refractivity contribution >= 4 is 11.9 Å². The number of amides is 1. The smallest absolute Gasteiger partial charge is 0.253 e. The number of carbonyl (C=O) groups is 1. The first-order chi connectivity index (χ1) is 13.6. The Balaban J connectivity index is 1.43. The molecule has 142 valence electrons. The standard InChI is InChI=1S/C21H21N5O2/c1-25-13-16(7-8-19(25)27)20(28)23-17-10-12-26(14-17)21-22-11-9-18(24-21)15-5-3-2-4-6-15/h2-9,11,13,17H,10,12,14H2,1H3,(H,23,28). The fourth-order valence-electron chi connectivity index (χ4n) is 3.33. The average Bonchev–Trinajstić information content (AvgIpc) is 3.19. The highest BCUT2D eigenvalue weighted by Gasteiger charge is 2.26. The van der Waals surface area contributed by atoms with Gasteiger partial charge in [0.25, 0.3) is 5.91 Å². The minimum atomic E-state index is -0.179. The number of rotatable bonds is 4. The summed E-state index contributed by atoms with van der Waals surface area (Å²) in [5.41, 5.74) is 2.26. The van der Waals surface area contributed by atoms with Crippen molar-refractivity contribution < 1.29 is 4.79 Å². The zero-order valence-electron chi connectivity index (χ0n) is 15.6. The predicted molar refractivity (Wildman–Crippen MR) is 107 cm³/mol. The summed E-state index contributed by atoms with van der Waals surface area (Å²) in [6.45, 7) is 1.42. The molecule has 1 fully saturated rings. The molecule has 3 heterocycles. The van der Waals surface area contributed by atoms with Gasteiger partial charge >= 0.3 is 0 Å². The normalized spacial score (nSPS) is 16.2. The topological polar surface area (TPSA) is 80.1 Å². The highest BCUT2D eigenvalue weighted by atomic mass is 16.2.